The van der Waals surface area contributed by atoms with Crippen LogP contribution in [0.4, 0.5) is 8.78 Å². The summed E-state index contributed by atoms with van der Waals surface area (Å²) in [5.74, 6) is 0. The first-order valence-electron chi connectivity index (χ1n) is 1.55. The molecule has 0 saturated heterocycles. The van der Waals surface area contributed by atoms with E-state index in [-0.39, 0.29) is 21.3 Å². The predicted molar refractivity (Wildman–Crippen MR) is 42.1 cm³/mol. The van der Waals surface area contributed by atoms with E-state index in [1.807, 2.05) is 0 Å². The Morgan fingerprint density at radius 3 is 2.00 bits per heavy atom. The lowest BCUT2D eigenvalue weighted by Gasteiger charge is -1.49. The topological polar surface area (TPSA) is 61.1 Å². The molecule has 0 heterocycles. The van der Waals surface area contributed by atoms with Gasteiger partial charge in [0.15, 0.2) is 0 Å². The Morgan fingerprint density at radius 2 is 1.91 bits per heavy atom. The third-order valence-corrected chi connectivity index (χ3v) is 0.135. The summed E-state index contributed by atoms with van der Waals surface area (Å²) < 4.78 is 20.4. The largest absolute Gasteiger partial charge is 0.290 e. The predicted octanol–water partition coefficient (Wildman–Crippen LogP) is 3.03. The minimum atomic E-state index is -0.0836. The molecule has 0 fully saturated rings. The summed E-state index contributed by atoms with van der Waals surface area (Å²) in [6.07, 6.45) is 4.68. The smallest absolute Gasteiger partial charge is 0.165 e. The maximum atomic E-state index is 10.6. The van der Waals surface area contributed by atoms with Crippen LogP contribution in [-0.4, -0.2) is 6.47 Å². The highest BCUT2D eigenvalue weighted by atomic mass is 19.1. The number of hydrogen-bond acceptors (Lipinski definition) is 1. The van der Waals surface area contributed by atoms with Gasteiger partial charge >= 0.3 is 0 Å². The first-order valence-corrected chi connectivity index (χ1v) is 1.55. The summed E-state index contributed by atoms with van der Waals surface area (Å²) in [4.78, 5) is 2.11. The van der Waals surface area contributed by atoms with Gasteiger partial charge in [-0.2, -0.15) is 9.30 Å². The van der Waals surface area contributed by atoms with Crippen LogP contribution >= 0.6 is 0 Å². The van der Waals surface area contributed by atoms with Gasteiger partial charge in [0.25, 0.3) is 6.47 Å². The molecule has 0 unspecified atom stereocenters. The zero-order valence-corrected chi connectivity index (χ0v) is 4.20. The normalized spacial score (nSPS) is 5.18. The Bertz CT molecular complexity index is 154. The first-order chi connectivity index (χ1) is 4.33. The molecule has 0 aromatic carbocycles. The number of rotatable bonds is 1. The Balaban J connectivity index is -0.0000000437. The molecule has 0 aliphatic rings. The van der Waals surface area contributed by atoms with Gasteiger partial charge in [0.1, 0.15) is 6.17 Å². The maximum absolute atomic E-state index is 10.6. The van der Waals surface area contributed by atoms with Gasteiger partial charge in [-0.15, -0.1) is 9.92 Å². The van der Waals surface area contributed by atoms with E-state index in [0.29, 0.717) is 0 Å². The van der Waals surface area contributed by atoms with E-state index in [2.05, 4.69) is 21.7 Å². The minimum Gasteiger partial charge on any atom is -0.165 e. The molecule has 0 bridgehead atoms. The van der Waals surface area contributed by atoms with E-state index >= 15 is 0 Å². The molecule has 6 heteroatoms. The van der Waals surface area contributed by atoms with Crippen molar-refractivity contribution >= 4 is 6.47 Å². The van der Waals surface area contributed by atoms with Crippen molar-refractivity contribution in [2.75, 3.05) is 0 Å². The summed E-state index contributed by atoms with van der Waals surface area (Å²) in [5, 5.41) is 4.97. The summed E-state index contributed by atoms with van der Waals surface area (Å²) in [7, 11) is 0. The highest BCUT2D eigenvalue weighted by Gasteiger charge is 1.57. The van der Waals surface area contributed by atoms with Gasteiger partial charge in [-0.05, 0) is 5.10 Å². The van der Waals surface area contributed by atoms with E-state index in [9.17, 15) is 8.78 Å². The van der Waals surface area contributed by atoms with Crippen molar-refractivity contribution in [3.8, 4) is 12.6 Å². The number of hydrogen-bond donors (Lipinski definition) is 0. The van der Waals surface area contributed by atoms with Gasteiger partial charge in [-0.1, -0.05) is 21.3 Å². The molecule has 0 spiro atoms. The lowest BCUT2D eigenvalue weighted by atomic mass is 11.4. The fraction of sp³-hybridized carbons (Fsp3) is 0.400. The fourth-order valence-corrected chi connectivity index (χ4v) is 0.0426. The molecule has 4 nitrogen and oxygen atoms in total. The van der Waals surface area contributed by atoms with Gasteiger partial charge in [-0.3, -0.25) is 0 Å². The Labute approximate surface area is 64.5 Å². The lowest BCUT2D eigenvalue weighted by molar-refractivity contribution is 0.775. The molecule has 0 aromatic rings. The van der Waals surface area contributed by atoms with Crippen molar-refractivity contribution < 1.29 is 8.78 Å². The SMILES string of the molecule is C.C.C#CF.[N-]=[N+]=N/N=C/F. The van der Waals surface area contributed by atoms with Crippen molar-refractivity contribution in [3.63, 3.8) is 0 Å². The molecule has 0 rings (SSSR count). The molecule has 0 radical (unpaired) electrons. The standard InChI is InChI=1S/C2HF.CHFN4.2CH4/c1-2-3;2-1-4-6-5-3;;/h1H;1H;2*1H4/b;4-1+;;. The third kappa shape index (κ3) is 176. The molecule has 0 atom stereocenters. The molecular formula is C5H10F2N4. The van der Waals surface area contributed by atoms with Crippen LogP contribution in [0.5, 0.6) is 0 Å². The summed E-state index contributed by atoms with van der Waals surface area (Å²) in [6, 6.07) is 0. The van der Waals surface area contributed by atoms with Crippen LogP contribution < -0.4 is 0 Å². The van der Waals surface area contributed by atoms with Gasteiger partial charge in [-0.25, -0.2) is 0 Å². The molecule has 0 aliphatic heterocycles. The number of terminal acetylenes is 1. The molecular weight excluding hydrogens is 154 g/mol. The number of azide groups is 1. The van der Waals surface area contributed by atoms with Gasteiger partial charge in [0, 0.05) is 5.22 Å². The van der Waals surface area contributed by atoms with Crippen LogP contribution in [0.1, 0.15) is 14.9 Å². The van der Waals surface area contributed by atoms with E-state index in [4.69, 9.17) is 5.53 Å². The van der Waals surface area contributed by atoms with E-state index in [1.54, 1.807) is 0 Å². The Morgan fingerprint density at radius 1 is 1.55 bits per heavy atom. The summed E-state index contributed by atoms with van der Waals surface area (Å²) >= 11 is 0. The molecule has 64 valence electrons. The van der Waals surface area contributed by atoms with Crippen LogP contribution in [-0.2, 0) is 0 Å². The van der Waals surface area contributed by atoms with Gasteiger partial charge < -0.3 is 0 Å². The van der Waals surface area contributed by atoms with Crippen molar-refractivity contribution in [1.82, 2.24) is 0 Å². The number of halogens is 2. The van der Waals surface area contributed by atoms with Crippen LogP contribution in [0.15, 0.2) is 10.3 Å². The second kappa shape index (κ2) is 39.8. The van der Waals surface area contributed by atoms with Gasteiger partial charge in [0.2, 0.25) is 0 Å². The Hall–Kier alpha value is -1.60. The fourth-order valence-electron chi connectivity index (χ4n) is 0.0426. The quantitative estimate of drug-likeness (QED) is 0.143. The molecule has 0 aliphatic carbocycles. The lowest BCUT2D eigenvalue weighted by Crippen LogP contribution is -1.43. The van der Waals surface area contributed by atoms with Gasteiger partial charge in [0.05, 0.1) is 0 Å². The van der Waals surface area contributed by atoms with Crippen LogP contribution in [0.25, 0.3) is 10.4 Å². The Kier molecular flexibility index (Phi) is 82.3. The highest BCUT2D eigenvalue weighted by molar-refractivity contribution is 5.43. The zero-order valence-electron chi connectivity index (χ0n) is 4.20. The monoisotopic (exact) mass is 164 g/mol. The number of nitrogens with zero attached hydrogens (tertiary/aromatic N) is 4. The molecule has 11 heavy (non-hydrogen) atoms. The average Bonchev–Trinajstić information content (AvgIpc) is 1.86. The minimum absolute atomic E-state index is 0. The zero-order chi connectivity index (χ0) is 7.54. The summed E-state index contributed by atoms with van der Waals surface area (Å²) in [5.41, 5.74) is 7.38. The van der Waals surface area contributed by atoms with E-state index in [1.165, 1.54) is 0 Å². The molecule has 0 amide bonds. The molecule has 0 aromatic heterocycles. The van der Waals surface area contributed by atoms with Crippen molar-refractivity contribution in [2.45, 2.75) is 14.9 Å². The van der Waals surface area contributed by atoms with Crippen LogP contribution in [0, 0.1) is 12.6 Å². The molecule has 0 saturated carbocycles. The van der Waals surface area contributed by atoms with E-state index < -0.39 is 0 Å². The van der Waals surface area contributed by atoms with Crippen molar-refractivity contribution in [3.05, 3.63) is 10.4 Å². The summed E-state index contributed by atoms with van der Waals surface area (Å²) in [6.45, 7) is -0.0836. The van der Waals surface area contributed by atoms with Crippen LogP contribution in [0.3, 0.4) is 0 Å². The third-order valence-electron chi connectivity index (χ3n) is 0.135. The van der Waals surface area contributed by atoms with Crippen molar-refractivity contribution in [1.29, 1.82) is 0 Å². The van der Waals surface area contributed by atoms with Crippen LogP contribution in [0.2, 0.25) is 0 Å². The van der Waals surface area contributed by atoms with E-state index in [0.717, 1.165) is 6.17 Å². The maximum Gasteiger partial charge on any atom is 0.290 e. The second-order valence-corrected chi connectivity index (χ2v) is 0.501. The first kappa shape index (κ1) is 22.7. The van der Waals surface area contributed by atoms with Crippen molar-refractivity contribution in [2.24, 2.45) is 10.3 Å². The molecule has 0 N–H and O–H groups in total. The second-order valence-electron chi connectivity index (χ2n) is 0.501. The average molecular weight is 164 g/mol. The highest BCUT2D eigenvalue weighted by Crippen LogP contribution is 1.66.